The number of aromatic amines is 3. The number of nitrogens with one attached hydrogen (secondary N) is 3. The van der Waals surface area contributed by atoms with Crippen LogP contribution in [0.5, 0.6) is 0 Å². The van der Waals surface area contributed by atoms with Gasteiger partial charge in [0, 0.05) is 58.1 Å². The van der Waals surface area contributed by atoms with Gasteiger partial charge in [-0.1, -0.05) is 0 Å². The molecule has 0 spiro atoms. The Kier molecular flexibility index (Phi) is 2.43. The third-order valence-electron chi connectivity index (χ3n) is 4.17. The Hall–Kier alpha value is -3.34. The summed E-state index contributed by atoms with van der Waals surface area (Å²) in [5.41, 5.74) is 6.18. The van der Waals surface area contributed by atoms with E-state index >= 15 is 0 Å². The van der Waals surface area contributed by atoms with Crippen LogP contribution in [0.1, 0.15) is 0 Å². The summed E-state index contributed by atoms with van der Waals surface area (Å²) in [5.74, 6) is 0. The zero-order valence-electron chi connectivity index (χ0n) is 12.2. The molecule has 0 unspecified atom stereocenters. The molecule has 5 nitrogen and oxygen atoms in total. The first-order valence-electron chi connectivity index (χ1n) is 7.44. The van der Waals surface area contributed by atoms with Crippen LogP contribution in [-0.2, 0) is 0 Å². The topological polar surface area (TPSA) is 73.2 Å². The normalized spacial score (nSPS) is 11.5. The molecule has 5 heteroatoms. The van der Waals surface area contributed by atoms with Gasteiger partial charge in [0.1, 0.15) is 11.3 Å². The van der Waals surface area contributed by atoms with Crippen LogP contribution >= 0.6 is 0 Å². The lowest BCUT2D eigenvalue weighted by molar-refractivity contribution is 1.32. The number of rotatable bonds is 2. The molecule has 0 saturated heterocycles. The number of hydrogen-bond acceptors (Lipinski definition) is 2. The maximum absolute atomic E-state index is 4.34. The van der Waals surface area contributed by atoms with Crippen LogP contribution in [-0.4, -0.2) is 24.9 Å². The Bertz CT molecular complexity index is 1040. The Morgan fingerprint density at radius 1 is 0.652 bits per heavy atom. The summed E-state index contributed by atoms with van der Waals surface area (Å²) in [5, 5.41) is 2.22. The Labute approximate surface area is 131 Å². The minimum Gasteiger partial charge on any atom is -0.354 e. The lowest BCUT2D eigenvalue weighted by Crippen LogP contribution is -1.79. The van der Waals surface area contributed by atoms with E-state index in [9.17, 15) is 0 Å². The zero-order chi connectivity index (χ0) is 15.2. The van der Waals surface area contributed by atoms with E-state index < -0.39 is 0 Å². The molecule has 23 heavy (non-hydrogen) atoms. The standard InChI is InChI=1S/C18H13N5/c1-3-11-13(9-21-17(11)19-7-1)15-5-6-16(23-15)14-10-22-18-12(14)4-2-8-20-18/h1-10,23H,(H,19,21)(H,20,22). The van der Waals surface area contributed by atoms with Crippen molar-refractivity contribution in [3.63, 3.8) is 0 Å². The van der Waals surface area contributed by atoms with Crippen LogP contribution in [0.25, 0.3) is 44.6 Å². The molecule has 3 N–H and O–H groups in total. The van der Waals surface area contributed by atoms with Crippen molar-refractivity contribution in [2.45, 2.75) is 0 Å². The van der Waals surface area contributed by atoms with Crippen molar-refractivity contribution in [3.05, 3.63) is 61.2 Å². The molecule has 5 aromatic rings. The van der Waals surface area contributed by atoms with Crippen molar-refractivity contribution in [1.29, 1.82) is 0 Å². The average molecular weight is 299 g/mol. The summed E-state index contributed by atoms with van der Waals surface area (Å²) in [6, 6.07) is 12.2. The highest BCUT2D eigenvalue weighted by atomic mass is 14.9. The van der Waals surface area contributed by atoms with Crippen LogP contribution in [0.2, 0.25) is 0 Å². The van der Waals surface area contributed by atoms with E-state index in [1.54, 1.807) is 12.4 Å². The SMILES string of the molecule is c1cnc2[nH]cc(-c3ccc(-c4c[nH]c5ncccc45)[nH]3)c2c1. The Morgan fingerprint density at radius 3 is 1.70 bits per heavy atom. The number of aromatic nitrogens is 5. The van der Waals surface area contributed by atoms with Crippen molar-refractivity contribution in [2.75, 3.05) is 0 Å². The van der Waals surface area contributed by atoms with Gasteiger partial charge in [-0.05, 0) is 36.4 Å². The molecule has 0 aliphatic rings. The molecule has 5 aromatic heterocycles. The lowest BCUT2D eigenvalue weighted by atomic mass is 10.1. The number of hydrogen-bond donors (Lipinski definition) is 3. The van der Waals surface area contributed by atoms with Crippen molar-refractivity contribution >= 4 is 22.1 Å². The fourth-order valence-electron chi connectivity index (χ4n) is 3.07. The molecule has 0 fully saturated rings. The zero-order valence-corrected chi connectivity index (χ0v) is 12.2. The second-order valence-corrected chi connectivity index (χ2v) is 5.49. The van der Waals surface area contributed by atoms with Crippen molar-refractivity contribution in [1.82, 2.24) is 24.9 Å². The molecule has 5 heterocycles. The maximum atomic E-state index is 4.34. The van der Waals surface area contributed by atoms with Gasteiger partial charge < -0.3 is 15.0 Å². The van der Waals surface area contributed by atoms with Gasteiger partial charge in [0.25, 0.3) is 0 Å². The third kappa shape index (κ3) is 1.80. The van der Waals surface area contributed by atoms with Gasteiger partial charge in [0.15, 0.2) is 0 Å². The van der Waals surface area contributed by atoms with Gasteiger partial charge in [-0.15, -0.1) is 0 Å². The highest BCUT2D eigenvalue weighted by Gasteiger charge is 2.11. The first-order valence-corrected chi connectivity index (χ1v) is 7.44. The molecule has 0 aliphatic carbocycles. The van der Waals surface area contributed by atoms with Gasteiger partial charge in [-0.3, -0.25) is 0 Å². The quantitative estimate of drug-likeness (QED) is 0.459. The number of fused-ring (bicyclic) bond motifs is 2. The van der Waals surface area contributed by atoms with Gasteiger partial charge >= 0.3 is 0 Å². The minimum atomic E-state index is 0.898. The first kappa shape index (κ1) is 12.2. The monoisotopic (exact) mass is 299 g/mol. The van der Waals surface area contributed by atoms with Gasteiger partial charge in [-0.25, -0.2) is 9.97 Å². The summed E-state index contributed by atoms with van der Waals surface area (Å²) in [7, 11) is 0. The predicted molar refractivity (Wildman–Crippen MR) is 91.0 cm³/mol. The molecule has 110 valence electrons. The predicted octanol–water partition coefficient (Wildman–Crippen LogP) is 4.10. The summed E-state index contributed by atoms with van der Waals surface area (Å²) < 4.78 is 0. The van der Waals surface area contributed by atoms with E-state index in [2.05, 4.69) is 49.2 Å². The second kappa shape index (κ2) is 4.58. The second-order valence-electron chi connectivity index (χ2n) is 5.49. The van der Waals surface area contributed by atoms with E-state index in [0.29, 0.717) is 0 Å². The maximum Gasteiger partial charge on any atom is 0.137 e. The number of pyridine rings is 2. The van der Waals surface area contributed by atoms with Crippen LogP contribution in [0.15, 0.2) is 61.2 Å². The minimum absolute atomic E-state index is 0.898. The smallest absolute Gasteiger partial charge is 0.137 e. The summed E-state index contributed by atoms with van der Waals surface area (Å²) in [6.45, 7) is 0. The number of H-pyrrole nitrogens is 3. The van der Waals surface area contributed by atoms with E-state index in [-0.39, 0.29) is 0 Å². The molecule has 0 aliphatic heterocycles. The Balaban J connectivity index is 1.66. The van der Waals surface area contributed by atoms with Gasteiger partial charge in [-0.2, -0.15) is 0 Å². The summed E-state index contributed by atoms with van der Waals surface area (Å²) >= 11 is 0. The molecule has 0 aromatic carbocycles. The molecular weight excluding hydrogens is 286 g/mol. The van der Waals surface area contributed by atoms with Crippen LogP contribution < -0.4 is 0 Å². The van der Waals surface area contributed by atoms with Crippen LogP contribution in [0.4, 0.5) is 0 Å². The third-order valence-corrected chi connectivity index (χ3v) is 4.17. The van der Waals surface area contributed by atoms with E-state index in [0.717, 1.165) is 44.6 Å². The van der Waals surface area contributed by atoms with E-state index in [4.69, 9.17) is 0 Å². The highest BCUT2D eigenvalue weighted by Crippen LogP contribution is 2.32. The molecule has 0 bridgehead atoms. The highest BCUT2D eigenvalue weighted by molar-refractivity contribution is 5.95. The fraction of sp³-hybridized carbons (Fsp3) is 0. The Morgan fingerprint density at radius 2 is 1.17 bits per heavy atom. The molecule has 5 rings (SSSR count). The largest absolute Gasteiger partial charge is 0.354 e. The molecule has 0 saturated carbocycles. The molecule has 0 radical (unpaired) electrons. The molecule has 0 atom stereocenters. The summed E-state index contributed by atoms with van der Waals surface area (Å²) in [6.07, 6.45) is 7.57. The molecule has 0 amide bonds. The van der Waals surface area contributed by atoms with Gasteiger partial charge in [0.2, 0.25) is 0 Å². The van der Waals surface area contributed by atoms with Crippen molar-refractivity contribution in [3.8, 4) is 22.5 Å². The number of nitrogens with zero attached hydrogens (tertiary/aromatic N) is 2. The summed E-state index contributed by atoms with van der Waals surface area (Å²) in [4.78, 5) is 18.6. The van der Waals surface area contributed by atoms with E-state index in [1.165, 1.54) is 0 Å². The first-order chi connectivity index (χ1) is 11.4. The van der Waals surface area contributed by atoms with Crippen molar-refractivity contribution in [2.24, 2.45) is 0 Å². The fourth-order valence-corrected chi connectivity index (χ4v) is 3.07. The van der Waals surface area contributed by atoms with Crippen LogP contribution in [0.3, 0.4) is 0 Å². The van der Waals surface area contributed by atoms with Crippen molar-refractivity contribution < 1.29 is 0 Å². The average Bonchev–Trinajstić information content (AvgIpc) is 3.31. The van der Waals surface area contributed by atoms with E-state index in [1.807, 2.05) is 24.5 Å². The van der Waals surface area contributed by atoms with Crippen LogP contribution in [0, 0.1) is 0 Å². The molecular formula is C18H13N5. The van der Waals surface area contributed by atoms with Gasteiger partial charge in [0.05, 0.1) is 0 Å². The lowest BCUT2D eigenvalue weighted by Gasteiger charge is -1.97.